The maximum Gasteiger partial charge on any atom is 0.325 e. The summed E-state index contributed by atoms with van der Waals surface area (Å²) in [5.41, 5.74) is 0.975. The smallest absolute Gasteiger partial charge is 0.325 e. The molecule has 0 aromatic heterocycles. The van der Waals surface area contributed by atoms with Crippen LogP contribution in [0.4, 0.5) is 16.2 Å². The molecule has 162 valence electrons. The lowest BCUT2D eigenvalue weighted by Gasteiger charge is -2.37. The van der Waals surface area contributed by atoms with Gasteiger partial charge < -0.3 is 15.5 Å². The highest BCUT2D eigenvalue weighted by molar-refractivity contribution is 6.11. The normalized spacial score (nSPS) is 27.9. The van der Waals surface area contributed by atoms with Gasteiger partial charge in [-0.1, -0.05) is 19.8 Å². The SMILES string of the molecule is CC(C(=O)Nc1ccc(N2CCCCC2)cc1)N1C(=O)NC2(CCCCC2C)C1=O. The average molecular weight is 413 g/mol. The van der Waals surface area contributed by atoms with E-state index in [-0.39, 0.29) is 17.7 Å². The van der Waals surface area contributed by atoms with Crippen molar-refractivity contribution in [3.63, 3.8) is 0 Å². The monoisotopic (exact) mass is 412 g/mol. The molecule has 1 saturated carbocycles. The Morgan fingerprint density at radius 2 is 1.80 bits per heavy atom. The Morgan fingerprint density at radius 3 is 2.47 bits per heavy atom. The van der Waals surface area contributed by atoms with E-state index in [2.05, 4.69) is 15.5 Å². The first kappa shape index (κ1) is 20.7. The minimum Gasteiger partial charge on any atom is -0.372 e. The number of hydrogen-bond acceptors (Lipinski definition) is 4. The molecular weight excluding hydrogens is 380 g/mol. The Labute approximate surface area is 178 Å². The van der Waals surface area contributed by atoms with Crippen molar-refractivity contribution >= 4 is 29.2 Å². The van der Waals surface area contributed by atoms with Gasteiger partial charge in [-0.2, -0.15) is 0 Å². The molecule has 0 bridgehead atoms. The van der Waals surface area contributed by atoms with Crippen LogP contribution in [0.15, 0.2) is 24.3 Å². The van der Waals surface area contributed by atoms with E-state index in [1.54, 1.807) is 6.92 Å². The fourth-order valence-electron chi connectivity index (χ4n) is 5.09. The maximum atomic E-state index is 13.2. The first-order chi connectivity index (χ1) is 14.4. The molecular formula is C23H32N4O3. The fourth-order valence-corrected chi connectivity index (χ4v) is 5.09. The Kier molecular flexibility index (Phi) is 5.71. The van der Waals surface area contributed by atoms with Gasteiger partial charge in [-0.15, -0.1) is 0 Å². The number of nitrogens with one attached hydrogen (secondary N) is 2. The summed E-state index contributed by atoms with van der Waals surface area (Å²) < 4.78 is 0. The molecule has 30 heavy (non-hydrogen) atoms. The standard InChI is InChI=1S/C23H32N4O3/c1-16-8-4-5-13-23(16)21(29)27(22(30)25-23)17(2)20(28)24-18-9-11-19(12-10-18)26-14-6-3-7-15-26/h9-12,16-17H,3-8,13-15H2,1-2H3,(H,24,28)(H,25,30). The topological polar surface area (TPSA) is 81.8 Å². The molecule has 1 aromatic carbocycles. The Morgan fingerprint density at radius 1 is 1.10 bits per heavy atom. The van der Waals surface area contributed by atoms with Crippen molar-refractivity contribution in [2.75, 3.05) is 23.3 Å². The van der Waals surface area contributed by atoms with Crippen LogP contribution in [0.5, 0.6) is 0 Å². The zero-order valence-corrected chi connectivity index (χ0v) is 17.9. The third-order valence-corrected chi connectivity index (χ3v) is 7.07. The van der Waals surface area contributed by atoms with Crippen LogP contribution < -0.4 is 15.5 Å². The predicted molar refractivity (Wildman–Crippen MR) is 116 cm³/mol. The van der Waals surface area contributed by atoms with E-state index in [4.69, 9.17) is 0 Å². The Bertz CT molecular complexity index is 818. The molecule has 2 saturated heterocycles. The van der Waals surface area contributed by atoms with Gasteiger partial charge in [-0.25, -0.2) is 9.69 Å². The van der Waals surface area contributed by atoms with Crippen LogP contribution in [-0.2, 0) is 9.59 Å². The molecule has 2 heterocycles. The van der Waals surface area contributed by atoms with Gasteiger partial charge in [0, 0.05) is 24.5 Å². The number of anilines is 2. The Balaban J connectivity index is 1.42. The molecule has 2 N–H and O–H groups in total. The van der Waals surface area contributed by atoms with Gasteiger partial charge in [-0.3, -0.25) is 9.59 Å². The van der Waals surface area contributed by atoms with Gasteiger partial charge >= 0.3 is 6.03 Å². The second-order valence-corrected chi connectivity index (χ2v) is 8.98. The van der Waals surface area contributed by atoms with Crippen LogP contribution in [0.25, 0.3) is 0 Å². The fraction of sp³-hybridized carbons (Fsp3) is 0.609. The summed E-state index contributed by atoms with van der Waals surface area (Å²) in [5.74, 6) is -0.544. The highest BCUT2D eigenvalue weighted by atomic mass is 16.2. The number of hydrogen-bond donors (Lipinski definition) is 2. The van der Waals surface area contributed by atoms with E-state index >= 15 is 0 Å². The first-order valence-corrected chi connectivity index (χ1v) is 11.2. The van der Waals surface area contributed by atoms with Crippen LogP contribution in [0.3, 0.4) is 0 Å². The summed E-state index contributed by atoms with van der Waals surface area (Å²) in [6.45, 7) is 5.75. The number of carbonyl (C=O) groups excluding carboxylic acids is 3. The molecule has 4 amide bonds. The number of carbonyl (C=O) groups is 3. The summed E-state index contributed by atoms with van der Waals surface area (Å²) in [6, 6.07) is 6.45. The van der Waals surface area contributed by atoms with Crippen molar-refractivity contribution in [2.24, 2.45) is 5.92 Å². The van der Waals surface area contributed by atoms with Gasteiger partial charge in [0.25, 0.3) is 5.91 Å². The van der Waals surface area contributed by atoms with Crippen molar-refractivity contribution in [1.29, 1.82) is 0 Å². The van der Waals surface area contributed by atoms with E-state index < -0.39 is 17.6 Å². The molecule has 0 radical (unpaired) electrons. The third-order valence-electron chi connectivity index (χ3n) is 7.07. The van der Waals surface area contributed by atoms with E-state index in [1.807, 2.05) is 31.2 Å². The quantitative estimate of drug-likeness (QED) is 0.742. The van der Waals surface area contributed by atoms with Crippen molar-refractivity contribution in [3.05, 3.63) is 24.3 Å². The molecule has 1 aliphatic carbocycles. The third kappa shape index (κ3) is 3.66. The highest BCUT2D eigenvalue weighted by Gasteiger charge is 2.56. The lowest BCUT2D eigenvalue weighted by atomic mass is 9.73. The van der Waals surface area contributed by atoms with Crippen LogP contribution in [0.2, 0.25) is 0 Å². The van der Waals surface area contributed by atoms with Gasteiger partial charge in [-0.05, 0) is 69.2 Å². The number of urea groups is 1. The Hall–Kier alpha value is -2.57. The zero-order chi connectivity index (χ0) is 21.3. The van der Waals surface area contributed by atoms with Gasteiger partial charge in [0.2, 0.25) is 5.91 Å². The zero-order valence-electron chi connectivity index (χ0n) is 17.9. The lowest BCUT2D eigenvalue weighted by Crippen LogP contribution is -2.54. The van der Waals surface area contributed by atoms with Gasteiger partial charge in [0.1, 0.15) is 11.6 Å². The minimum atomic E-state index is -0.868. The summed E-state index contributed by atoms with van der Waals surface area (Å²) in [5, 5.41) is 5.78. The van der Waals surface area contributed by atoms with Crippen LogP contribution in [-0.4, -0.2) is 47.4 Å². The van der Waals surface area contributed by atoms with Crippen molar-refractivity contribution < 1.29 is 14.4 Å². The number of nitrogens with zero attached hydrogens (tertiary/aromatic N) is 2. The average Bonchev–Trinajstić information content (AvgIpc) is 3.01. The van der Waals surface area contributed by atoms with E-state index in [1.165, 1.54) is 19.3 Å². The van der Waals surface area contributed by atoms with Crippen LogP contribution in [0, 0.1) is 5.92 Å². The number of rotatable bonds is 4. The predicted octanol–water partition coefficient (Wildman–Crippen LogP) is 3.50. The number of imide groups is 1. The lowest BCUT2D eigenvalue weighted by molar-refractivity contribution is -0.138. The molecule has 3 fully saturated rings. The number of amides is 4. The molecule has 4 rings (SSSR count). The second kappa shape index (κ2) is 8.28. The van der Waals surface area contributed by atoms with E-state index in [0.717, 1.165) is 42.9 Å². The summed E-state index contributed by atoms with van der Waals surface area (Å²) in [7, 11) is 0. The highest BCUT2D eigenvalue weighted by Crippen LogP contribution is 2.38. The van der Waals surface area contributed by atoms with E-state index in [0.29, 0.717) is 12.1 Å². The molecule has 7 heteroatoms. The van der Waals surface area contributed by atoms with Gasteiger partial charge in [0.15, 0.2) is 0 Å². The van der Waals surface area contributed by atoms with E-state index in [9.17, 15) is 14.4 Å². The summed E-state index contributed by atoms with van der Waals surface area (Å²) in [4.78, 5) is 42.1. The number of piperidine rings is 1. The maximum absolute atomic E-state index is 13.2. The molecule has 3 atom stereocenters. The molecule has 2 aliphatic heterocycles. The minimum absolute atomic E-state index is 0.0743. The number of benzene rings is 1. The summed E-state index contributed by atoms with van der Waals surface area (Å²) >= 11 is 0. The molecule has 3 unspecified atom stereocenters. The van der Waals surface area contributed by atoms with Crippen molar-refractivity contribution in [1.82, 2.24) is 10.2 Å². The molecule has 7 nitrogen and oxygen atoms in total. The molecule has 3 aliphatic rings. The van der Waals surface area contributed by atoms with Crippen molar-refractivity contribution in [3.8, 4) is 0 Å². The van der Waals surface area contributed by atoms with Crippen LogP contribution in [0.1, 0.15) is 58.8 Å². The first-order valence-electron chi connectivity index (χ1n) is 11.2. The summed E-state index contributed by atoms with van der Waals surface area (Å²) in [6.07, 6.45) is 7.23. The largest absolute Gasteiger partial charge is 0.372 e. The molecule has 1 aromatic rings. The second-order valence-electron chi connectivity index (χ2n) is 8.98. The van der Waals surface area contributed by atoms with Gasteiger partial charge in [0.05, 0.1) is 0 Å². The molecule has 1 spiro atoms. The van der Waals surface area contributed by atoms with Crippen molar-refractivity contribution in [2.45, 2.75) is 70.4 Å². The van der Waals surface area contributed by atoms with Crippen LogP contribution >= 0.6 is 0 Å².